The fraction of sp³-hybridized carbons (Fsp3) is 0.714. The summed E-state index contributed by atoms with van der Waals surface area (Å²) in [6.07, 6.45) is 6.48. The Morgan fingerprint density at radius 3 is 3.21 bits per heavy atom. The molecule has 1 amide bonds. The minimum Gasteiger partial charge on any atom is -0.349 e. The van der Waals surface area contributed by atoms with Crippen molar-refractivity contribution in [3.05, 3.63) is 17.5 Å². The molecule has 2 rings (SSSR count). The number of carbonyl (C=O) groups is 1. The molecule has 1 aromatic rings. The van der Waals surface area contributed by atoms with Crippen molar-refractivity contribution >= 4 is 5.91 Å². The average Bonchev–Trinajstić information content (AvgIpc) is 2.79. The van der Waals surface area contributed by atoms with E-state index < -0.39 is 0 Å². The van der Waals surface area contributed by atoms with Gasteiger partial charge in [-0.3, -0.25) is 9.48 Å². The minimum atomic E-state index is 0.127. The summed E-state index contributed by atoms with van der Waals surface area (Å²) in [5, 5.41) is 7.43. The van der Waals surface area contributed by atoms with Gasteiger partial charge in [0.15, 0.2) is 0 Å². The SMILES string of the molecule is CC(CN)CCC(=O)NC1CCCc2c1cnn2C. The van der Waals surface area contributed by atoms with E-state index in [4.69, 9.17) is 5.73 Å². The van der Waals surface area contributed by atoms with Gasteiger partial charge in [0, 0.05) is 24.7 Å². The lowest BCUT2D eigenvalue weighted by Gasteiger charge is -2.24. The van der Waals surface area contributed by atoms with Crippen LogP contribution in [0.2, 0.25) is 0 Å². The van der Waals surface area contributed by atoms with E-state index in [1.54, 1.807) is 0 Å². The Labute approximate surface area is 114 Å². The van der Waals surface area contributed by atoms with Gasteiger partial charge in [0.05, 0.1) is 12.2 Å². The number of hydrogen-bond donors (Lipinski definition) is 2. The maximum Gasteiger partial charge on any atom is 0.220 e. The van der Waals surface area contributed by atoms with Crippen molar-refractivity contribution in [2.24, 2.45) is 18.7 Å². The number of nitrogens with zero attached hydrogens (tertiary/aromatic N) is 2. The van der Waals surface area contributed by atoms with Gasteiger partial charge in [-0.15, -0.1) is 0 Å². The van der Waals surface area contributed by atoms with E-state index in [-0.39, 0.29) is 11.9 Å². The molecule has 0 fully saturated rings. The third-order valence-electron chi connectivity index (χ3n) is 3.98. The second-order valence-corrected chi connectivity index (χ2v) is 5.56. The molecule has 5 heteroatoms. The zero-order valence-corrected chi connectivity index (χ0v) is 11.9. The molecule has 0 saturated heterocycles. The predicted octanol–water partition coefficient (Wildman–Crippen LogP) is 1.29. The zero-order chi connectivity index (χ0) is 13.8. The van der Waals surface area contributed by atoms with Crippen LogP contribution in [0.15, 0.2) is 6.20 Å². The van der Waals surface area contributed by atoms with E-state index in [0.717, 1.165) is 25.7 Å². The highest BCUT2D eigenvalue weighted by molar-refractivity contribution is 5.76. The molecule has 5 nitrogen and oxygen atoms in total. The van der Waals surface area contributed by atoms with Gasteiger partial charge >= 0.3 is 0 Å². The molecular weight excluding hydrogens is 240 g/mol. The van der Waals surface area contributed by atoms with Gasteiger partial charge in [0.1, 0.15) is 0 Å². The summed E-state index contributed by atoms with van der Waals surface area (Å²) in [7, 11) is 1.96. The van der Waals surface area contributed by atoms with Gasteiger partial charge in [-0.25, -0.2) is 0 Å². The monoisotopic (exact) mass is 264 g/mol. The molecule has 1 aliphatic carbocycles. The Kier molecular flexibility index (Phi) is 4.58. The van der Waals surface area contributed by atoms with Gasteiger partial charge in [-0.1, -0.05) is 6.92 Å². The first kappa shape index (κ1) is 14.1. The van der Waals surface area contributed by atoms with Crippen LogP contribution in [0.25, 0.3) is 0 Å². The zero-order valence-electron chi connectivity index (χ0n) is 11.9. The summed E-state index contributed by atoms with van der Waals surface area (Å²) in [6.45, 7) is 2.72. The number of amides is 1. The van der Waals surface area contributed by atoms with Crippen molar-refractivity contribution in [2.75, 3.05) is 6.54 Å². The van der Waals surface area contributed by atoms with Crippen molar-refractivity contribution in [1.29, 1.82) is 0 Å². The topological polar surface area (TPSA) is 72.9 Å². The molecule has 19 heavy (non-hydrogen) atoms. The summed E-state index contributed by atoms with van der Waals surface area (Å²) < 4.78 is 1.92. The van der Waals surface area contributed by atoms with Crippen molar-refractivity contribution in [3.8, 4) is 0 Å². The van der Waals surface area contributed by atoms with Gasteiger partial charge in [0.2, 0.25) is 5.91 Å². The van der Waals surface area contributed by atoms with Crippen LogP contribution in [-0.2, 0) is 18.3 Å². The maximum absolute atomic E-state index is 12.0. The number of carbonyl (C=O) groups excluding carboxylic acids is 1. The van der Waals surface area contributed by atoms with Crippen molar-refractivity contribution < 1.29 is 4.79 Å². The van der Waals surface area contributed by atoms with Crippen LogP contribution >= 0.6 is 0 Å². The van der Waals surface area contributed by atoms with E-state index in [9.17, 15) is 4.79 Å². The Bertz CT molecular complexity index is 441. The van der Waals surface area contributed by atoms with Crippen LogP contribution < -0.4 is 11.1 Å². The number of aromatic nitrogens is 2. The Balaban J connectivity index is 1.91. The van der Waals surface area contributed by atoms with Gasteiger partial charge in [-0.2, -0.15) is 5.10 Å². The molecule has 0 spiro atoms. The minimum absolute atomic E-state index is 0.127. The lowest BCUT2D eigenvalue weighted by Crippen LogP contribution is -2.31. The van der Waals surface area contributed by atoms with Crippen LogP contribution in [0.1, 0.15) is 49.9 Å². The largest absolute Gasteiger partial charge is 0.349 e. The lowest BCUT2D eigenvalue weighted by molar-refractivity contribution is -0.122. The third-order valence-corrected chi connectivity index (χ3v) is 3.98. The van der Waals surface area contributed by atoms with Crippen molar-refractivity contribution in [1.82, 2.24) is 15.1 Å². The summed E-state index contributed by atoms with van der Waals surface area (Å²) in [6, 6.07) is 0.137. The molecule has 2 atom stereocenters. The van der Waals surface area contributed by atoms with E-state index >= 15 is 0 Å². The van der Waals surface area contributed by atoms with Crippen molar-refractivity contribution in [2.45, 2.75) is 45.1 Å². The molecule has 0 aliphatic heterocycles. The Morgan fingerprint density at radius 2 is 2.47 bits per heavy atom. The number of aryl methyl sites for hydroxylation is 1. The highest BCUT2D eigenvalue weighted by Crippen LogP contribution is 2.29. The molecule has 1 aliphatic rings. The van der Waals surface area contributed by atoms with Gasteiger partial charge in [0.25, 0.3) is 0 Å². The van der Waals surface area contributed by atoms with Gasteiger partial charge in [-0.05, 0) is 38.1 Å². The summed E-state index contributed by atoms with van der Waals surface area (Å²) in [5.74, 6) is 0.535. The summed E-state index contributed by atoms with van der Waals surface area (Å²) >= 11 is 0. The van der Waals surface area contributed by atoms with Crippen LogP contribution in [0.4, 0.5) is 0 Å². The molecule has 0 bridgehead atoms. The average molecular weight is 264 g/mol. The molecule has 2 unspecified atom stereocenters. The number of fused-ring (bicyclic) bond motifs is 1. The van der Waals surface area contributed by atoms with Crippen molar-refractivity contribution in [3.63, 3.8) is 0 Å². The highest BCUT2D eigenvalue weighted by Gasteiger charge is 2.24. The van der Waals surface area contributed by atoms with Gasteiger partial charge < -0.3 is 11.1 Å². The van der Waals surface area contributed by atoms with E-state index in [0.29, 0.717) is 18.9 Å². The number of hydrogen-bond acceptors (Lipinski definition) is 3. The maximum atomic E-state index is 12.0. The molecule has 106 valence electrons. The normalized spacial score (nSPS) is 19.8. The highest BCUT2D eigenvalue weighted by atomic mass is 16.1. The second kappa shape index (κ2) is 6.19. The standard InChI is InChI=1S/C14H24N4O/c1-10(8-15)6-7-14(19)17-12-4-3-5-13-11(12)9-16-18(13)2/h9-10,12H,3-8,15H2,1-2H3,(H,17,19). The quantitative estimate of drug-likeness (QED) is 0.841. The van der Waals surface area contributed by atoms with Crippen LogP contribution in [-0.4, -0.2) is 22.2 Å². The smallest absolute Gasteiger partial charge is 0.220 e. The molecule has 3 N–H and O–H groups in total. The molecule has 0 radical (unpaired) electrons. The summed E-state index contributed by atoms with van der Waals surface area (Å²) in [4.78, 5) is 12.0. The second-order valence-electron chi connectivity index (χ2n) is 5.56. The molecular formula is C14H24N4O. The number of nitrogens with two attached hydrogens (primary N) is 1. The fourth-order valence-corrected chi connectivity index (χ4v) is 2.62. The molecule has 0 saturated carbocycles. The first-order chi connectivity index (χ1) is 9.11. The molecule has 1 aromatic heterocycles. The van der Waals surface area contributed by atoms with E-state index in [1.165, 1.54) is 11.3 Å². The summed E-state index contributed by atoms with van der Waals surface area (Å²) in [5.41, 5.74) is 8.01. The van der Waals surface area contributed by atoms with Crippen LogP contribution in [0.3, 0.4) is 0 Å². The first-order valence-electron chi connectivity index (χ1n) is 7.12. The number of rotatable bonds is 5. The third kappa shape index (κ3) is 3.35. The van der Waals surface area contributed by atoms with Crippen LogP contribution in [0, 0.1) is 5.92 Å². The lowest BCUT2D eigenvalue weighted by atomic mass is 9.92. The predicted molar refractivity (Wildman–Crippen MR) is 74.5 cm³/mol. The Morgan fingerprint density at radius 1 is 1.68 bits per heavy atom. The van der Waals surface area contributed by atoms with E-state index in [2.05, 4.69) is 17.3 Å². The first-order valence-corrected chi connectivity index (χ1v) is 7.12. The van der Waals surface area contributed by atoms with E-state index in [1.807, 2.05) is 17.9 Å². The molecule has 0 aromatic carbocycles. The van der Waals surface area contributed by atoms with Crippen LogP contribution in [0.5, 0.6) is 0 Å². The molecule has 1 heterocycles. The Hall–Kier alpha value is -1.36. The number of nitrogens with one attached hydrogen (secondary N) is 1. The fourth-order valence-electron chi connectivity index (χ4n) is 2.62.